The molecule has 0 radical (unpaired) electrons. The standard InChI is InChI=1S/C35H27ClF3N3O6S2/c1-47-23-12-15(6-11-22(23)48-14-24(43)40-21-5-3-2-4-20(21)35(37,38)39)25-26-18-13-19(29(26)49-31-30(25)50-34(46)41-31)28-27(18)32(44)42(33(28)45)17-9-7-16(36)8-10-17/h2-12,18-19,25-29H,13-14H2,1H3,(H,40,43)(H,41,46)/t18-,19-,25-,26?,27?,28?,29?/m1/s1. The number of thioether (sulfide) groups is 1. The van der Waals surface area contributed by atoms with Gasteiger partial charge in [-0.2, -0.15) is 13.2 Å². The van der Waals surface area contributed by atoms with Crippen molar-refractivity contribution in [2.45, 2.75) is 28.8 Å². The molecule has 7 atom stereocenters. The molecular formula is C35H27ClF3N3O6S2. The number of fused-ring (bicyclic) bond motifs is 9. The van der Waals surface area contributed by atoms with Gasteiger partial charge in [-0.1, -0.05) is 41.1 Å². The van der Waals surface area contributed by atoms with Crippen LogP contribution < -0.4 is 24.6 Å². The summed E-state index contributed by atoms with van der Waals surface area (Å²) in [6.45, 7) is -0.580. The summed E-state index contributed by atoms with van der Waals surface area (Å²) >= 11 is 8.76. The molecule has 4 unspecified atom stereocenters. The Balaban J connectivity index is 1.07. The number of rotatable bonds is 7. The Morgan fingerprint density at radius 1 is 1.00 bits per heavy atom. The highest BCUT2D eigenvalue weighted by Gasteiger charge is 2.69. The molecule has 0 spiro atoms. The van der Waals surface area contributed by atoms with Crippen molar-refractivity contribution >= 4 is 63.8 Å². The van der Waals surface area contributed by atoms with Crippen molar-refractivity contribution in [2.24, 2.45) is 29.6 Å². The smallest absolute Gasteiger partial charge is 0.418 e. The number of nitrogens with zero attached hydrogens (tertiary/aromatic N) is 1. The van der Waals surface area contributed by atoms with Gasteiger partial charge in [0.05, 0.1) is 40.9 Å². The molecular weight excluding hydrogens is 715 g/mol. The first-order valence-corrected chi connectivity index (χ1v) is 17.8. The van der Waals surface area contributed by atoms with Gasteiger partial charge in [-0.3, -0.25) is 24.1 Å². The Hall–Kier alpha value is -4.27. The van der Waals surface area contributed by atoms with E-state index in [0.29, 0.717) is 17.1 Å². The van der Waals surface area contributed by atoms with Crippen LogP contribution in [0.1, 0.15) is 28.3 Å². The van der Waals surface area contributed by atoms with Crippen LogP contribution in [0, 0.1) is 29.6 Å². The Bertz CT molecular complexity index is 2100. The van der Waals surface area contributed by atoms with Gasteiger partial charge >= 0.3 is 11.0 Å². The number of aromatic nitrogens is 1. The van der Waals surface area contributed by atoms with Gasteiger partial charge in [0.15, 0.2) is 18.1 Å². The average Bonchev–Trinajstić information content (AvgIpc) is 3.82. The monoisotopic (exact) mass is 741 g/mol. The lowest BCUT2D eigenvalue weighted by Gasteiger charge is -2.43. The highest BCUT2D eigenvalue weighted by atomic mass is 35.5. The Morgan fingerprint density at radius 3 is 2.44 bits per heavy atom. The molecule has 9 nitrogen and oxygen atoms in total. The molecule has 2 N–H and O–H groups in total. The number of para-hydroxylation sites is 1. The highest BCUT2D eigenvalue weighted by Crippen LogP contribution is 2.69. The highest BCUT2D eigenvalue weighted by molar-refractivity contribution is 8.00. The lowest BCUT2D eigenvalue weighted by atomic mass is 9.68. The molecule has 2 aliphatic heterocycles. The van der Waals surface area contributed by atoms with Crippen LogP contribution >= 0.6 is 34.7 Å². The minimum atomic E-state index is -4.65. The van der Waals surface area contributed by atoms with Crippen molar-refractivity contribution in [3.8, 4) is 11.5 Å². The van der Waals surface area contributed by atoms with Crippen LogP contribution in [0.4, 0.5) is 24.5 Å². The van der Waals surface area contributed by atoms with Crippen LogP contribution in [0.5, 0.6) is 11.5 Å². The SMILES string of the molecule is COc1cc([C@H]2c3sc(=O)[nH]c3SC3C2[C@H]2C[C@@H]3C3C(=O)N(c4ccc(Cl)cc4)C(=O)C32)ccc1OCC(=O)Nc1ccccc1C(F)(F)F. The van der Waals surface area contributed by atoms with Gasteiger partial charge in [-0.05, 0) is 78.3 Å². The zero-order valence-corrected chi connectivity index (χ0v) is 28.4. The van der Waals surface area contributed by atoms with Crippen molar-refractivity contribution in [1.82, 2.24) is 4.98 Å². The number of alkyl halides is 3. The molecule has 50 heavy (non-hydrogen) atoms. The van der Waals surface area contributed by atoms with Crippen LogP contribution in [0.15, 0.2) is 76.6 Å². The average molecular weight is 742 g/mol. The van der Waals surface area contributed by atoms with Gasteiger partial charge < -0.3 is 19.8 Å². The van der Waals surface area contributed by atoms with Gasteiger partial charge in [-0.15, -0.1) is 11.8 Å². The molecule has 1 saturated heterocycles. The van der Waals surface area contributed by atoms with E-state index in [4.69, 9.17) is 21.1 Å². The topological polar surface area (TPSA) is 118 Å². The Kier molecular flexibility index (Phi) is 8.03. The zero-order valence-electron chi connectivity index (χ0n) is 26.0. The molecule has 2 saturated carbocycles. The molecule has 3 aromatic carbocycles. The van der Waals surface area contributed by atoms with Crippen LogP contribution in [-0.4, -0.2) is 41.7 Å². The fourth-order valence-electron chi connectivity index (χ4n) is 8.40. The third-order valence-corrected chi connectivity index (χ3v) is 13.1. The van der Waals surface area contributed by atoms with E-state index in [1.807, 2.05) is 6.07 Å². The van der Waals surface area contributed by atoms with Gasteiger partial charge in [-0.25, -0.2) is 0 Å². The number of benzene rings is 3. The summed E-state index contributed by atoms with van der Waals surface area (Å²) in [5.74, 6) is -2.23. The first-order valence-electron chi connectivity index (χ1n) is 15.7. The number of imide groups is 1. The Morgan fingerprint density at radius 2 is 1.72 bits per heavy atom. The number of carbonyl (C=O) groups is 3. The number of ether oxygens (including phenoxy) is 2. The van der Waals surface area contributed by atoms with Crippen LogP contribution in [0.2, 0.25) is 5.02 Å². The second-order valence-electron chi connectivity index (χ2n) is 12.7. The van der Waals surface area contributed by atoms with Crippen molar-refractivity contribution < 1.29 is 37.0 Å². The molecule has 2 aliphatic carbocycles. The van der Waals surface area contributed by atoms with E-state index in [0.717, 1.165) is 38.9 Å². The van der Waals surface area contributed by atoms with E-state index in [9.17, 15) is 32.3 Å². The maximum absolute atomic E-state index is 14.0. The number of hydrogen-bond donors (Lipinski definition) is 2. The first-order chi connectivity index (χ1) is 23.9. The summed E-state index contributed by atoms with van der Waals surface area (Å²) < 4.78 is 51.6. The summed E-state index contributed by atoms with van der Waals surface area (Å²) in [4.78, 5) is 58.1. The lowest BCUT2D eigenvalue weighted by molar-refractivity contribution is -0.137. The largest absolute Gasteiger partial charge is 0.493 e. The molecule has 1 aromatic heterocycles. The molecule has 8 rings (SSSR count). The van der Waals surface area contributed by atoms with E-state index in [-0.39, 0.29) is 62.8 Å². The van der Waals surface area contributed by atoms with Gasteiger partial charge in [0.25, 0.3) is 5.91 Å². The summed E-state index contributed by atoms with van der Waals surface area (Å²) in [7, 11) is 1.43. The number of methoxy groups -OCH3 is 1. The number of amides is 3. The molecule has 3 fully saturated rings. The third kappa shape index (κ3) is 5.30. The maximum Gasteiger partial charge on any atom is 0.418 e. The second kappa shape index (κ2) is 12.2. The molecule has 4 aliphatic rings. The zero-order chi connectivity index (χ0) is 35.1. The Labute approximate surface area is 296 Å². The van der Waals surface area contributed by atoms with Gasteiger partial charge in [0.1, 0.15) is 0 Å². The predicted molar refractivity (Wildman–Crippen MR) is 181 cm³/mol. The number of nitrogens with one attached hydrogen (secondary N) is 2. The second-order valence-corrected chi connectivity index (χ2v) is 15.4. The van der Waals surface area contributed by atoms with Crippen molar-refractivity contribution in [3.05, 3.63) is 97.4 Å². The fraction of sp³-hybridized carbons (Fsp3) is 0.314. The number of carbonyl (C=O) groups excluding carboxylic acids is 3. The minimum absolute atomic E-state index is 0.0314. The number of hydrogen-bond acceptors (Lipinski definition) is 8. The third-order valence-electron chi connectivity index (χ3n) is 10.2. The minimum Gasteiger partial charge on any atom is -0.493 e. The predicted octanol–water partition coefficient (Wildman–Crippen LogP) is 6.81. The molecule has 258 valence electrons. The van der Waals surface area contributed by atoms with Crippen LogP contribution in [0.25, 0.3) is 0 Å². The number of halogens is 4. The summed E-state index contributed by atoms with van der Waals surface area (Å²) in [6.07, 6.45) is -3.94. The summed E-state index contributed by atoms with van der Waals surface area (Å²) in [6, 6.07) is 16.5. The number of thiazole rings is 1. The van der Waals surface area contributed by atoms with Gasteiger partial charge in [0.2, 0.25) is 11.8 Å². The molecule has 3 heterocycles. The first kappa shape index (κ1) is 32.9. The van der Waals surface area contributed by atoms with Crippen molar-refractivity contribution in [3.63, 3.8) is 0 Å². The fourth-order valence-corrected chi connectivity index (χ4v) is 11.4. The molecule has 3 amide bonds. The van der Waals surface area contributed by atoms with Crippen molar-refractivity contribution in [1.29, 1.82) is 0 Å². The van der Waals surface area contributed by atoms with Gasteiger partial charge in [0, 0.05) is 21.1 Å². The lowest BCUT2D eigenvalue weighted by Crippen LogP contribution is -2.42. The number of anilines is 2. The van der Waals surface area contributed by atoms with Crippen LogP contribution in [-0.2, 0) is 20.6 Å². The van der Waals surface area contributed by atoms with E-state index < -0.39 is 36.1 Å². The summed E-state index contributed by atoms with van der Waals surface area (Å²) in [5, 5.41) is 3.48. The molecule has 15 heteroatoms. The van der Waals surface area contributed by atoms with E-state index in [2.05, 4.69) is 10.3 Å². The van der Waals surface area contributed by atoms with E-state index in [1.165, 1.54) is 24.1 Å². The van der Waals surface area contributed by atoms with Crippen LogP contribution in [0.3, 0.4) is 0 Å². The van der Waals surface area contributed by atoms with E-state index in [1.54, 1.807) is 48.2 Å². The number of H-pyrrole nitrogens is 1. The maximum atomic E-state index is 14.0. The normalized spacial score (nSPS) is 26.4. The van der Waals surface area contributed by atoms with Crippen molar-refractivity contribution in [2.75, 3.05) is 23.9 Å². The quantitative estimate of drug-likeness (QED) is 0.200. The molecule has 2 bridgehead atoms. The number of aromatic amines is 1. The van der Waals surface area contributed by atoms with E-state index >= 15 is 0 Å². The molecule has 4 aromatic rings. The summed E-state index contributed by atoms with van der Waals surface area (Å²) in [5.41, 5.74) is -0.0555.